The lowest BCUT2D eigenvalue weighted by Gasteiger charge is -2.22. The van der Waals surface area contributed by atoms with E-state index >= 15 is 0 Å². The smallest absolute Gasteiger partial charge is 0.290 e. The second-order valence-electron chi connectivity index (χ2n) is 6.81. The lowest BCUT2D eigenvalue weighted by atomic mass is 10.2. The molecule has 0 spiro atoms. The summed E-state index contributed by atoms with van der Waals surface area (Å²) >= 11 is 0. The van der Waals surface area contributed by atoms with Crippen molar-refractivity contribution in [3.8, 4) is 0 Å². The summed E-state index contributed by atoms with van der Waals surface area (Å²) in [7, 11) is 0. The SMILES string of the molecule is CCCn1cc(CN2CCCN(c3cc(C)c([N+](=O)[O-])cn3)CC2)cn1. The van der Waals surface area contributed by atoms with Gasteiger partial charge < -0.3 is 4.90 Å². The lowest BCUT2D eigenvalue weighted by Crippen LogP contribution is -2.31. The first-order valence-electron chi connectivity index (χ1n) is 9.16. The number of nitro groups is 1. The highest BCUT2D eigenvalue weighted by Gasteiger charge is 2.19. The summed E-state index contributed by atoms with van der Waals surface area (Å²) in [4.78, 5) is 19.5. The van der Waals surface area contributed by atoms with E-state index in [1.54, 1.807) is 6.92 Å². The third kappa shape index (κ3) is 4.37. The Morgan fingerprint density at radius 3 is 2.81 bits per heavy atom. The fourth-order valence-corrected chi connectivity index (χ4v) is 3.35. The number of hydrogen-bond acceptors (Lipinski definition) is 6. The van der Waals surface area contributed by atoms with E-state index < -0.39 is 0 Å². The molecule has 1 saturated heterocycles. The van der Waals surface area contributed by atoms with Gasteiger partial charge in [0.2, 0.25) is 0 Å². The number of aromatic nitrogens is 3. The van der Waals surface area contributed by atoms with Crippen LogP contribution in [0.1, 0.15) is 30.9 Å². The first-order valence-corrected chi connectivity index (χ1v) is 9.16. The van der Waals surface area contributed by atoms with Crippen molar-refractivity contribution >= 4 is 11.5 Å². The Bertz CT molecular complexity index is 760. The van der Waals surface area contributed by atoms with Crippen molar-refractivity contribution in [2.45, 2.75) is 39.8 Å². The van der Waals surface area contributed by atoms with Crippen LogP contribution in [0.5, 0.6) is 0 Å². The number of hydrogen-bond donors (Lipinski definition) is 0. The molecule has 1 fully saturated rings. The third-order valence-electron chi connectivity index (χ3n) is 4.72. The minimum atomic E-state index is -0.380. The molecule has 8 nitrogen and oxygen atoms in total. The third-order valence-corrected chi connectivity index (χ3v) is 4.72. The zero-order valence-electron chi connectivity index (χ0n) is 15.5. The van der Waals surface area contributed by atoms with E-state index in [1.807, 2.05) is 16.9 Å². The summed E-state index contributed by atoms with van der Waals surface area (Å²) in [6, 6.07) is 1.82. The molecule has 1 aliphatic rings. The molecule has 0 aromatic carbocycles. The van der Waals surface area contributed by atoms with Gasteiger partial charge in [0.25, 0.3) is 5.69 Å². The molecule has 2 aromatic rings. The zero-order valence-corrected chi connectivity index (χ0v) is 15.5. The Labute approximate surface area is 153 Å². The summed E-state index contributed by atoms with van der Waals surface area (Å²) in [5.74, 6) is 0.825. The summed E-state index contributed by atoms with van der Waals surface area (Å²) in [6.45, 7) is 9.53. The van der Waals surface area contributed by atoms with E-state index in [-0.39, 0.29) is 10.6 Å². The quantitative estimate of drug-likeness (QED) is 0.583. The Morgan fingerprint density at radius 1 is 1.23 bits per heavy atom. The first-order chi connectivity index (χ1) is 12.6. The number of anilines is 1. The van der Waals surface area contributed by atoms with Crippen LogP contribution in [0.4, 0.5) is 11.5 Å². The zero-order chi connectivity index (χ0) is 18.5. The van der Waals surface area contributed by atoms with E-state index in [9.17, 15) is 10.1 Å². The normalized spacial score (nSPS) is 15.8. The molecule has 140 valence electrons. The number of nitrogens with zero attached hydrogens (tertiary/aromatic N) is 6. The van der Waals surface area contributed by atoms with E-state index in [0.717, 1.165) is 57.9 Å². The van der Waals surface area contributed by atoms with Crippen molar-refractivity contribution in [2.24, 2.45) is 0 Å². The Kier molecular flexibility index (Phi) is 5.82. The molecular weight excluding hydrogens is 332 g/mol. The predicted molar refractivity (Wildman–Crippen MR) is 100 cm³/mol. The summed E-state index contributed by atoms with van der Waals surface area (Å²) in [6.07, 6.45) is 7.59. The molecule has 0 unspecified atom stereocenters. The minimum absolute atomic E-state index is 0.0780. The van der Waals surface area contributed by atoms with Gasteiger partial charge in [-0.25, -0.2) is 4.98 Å². The fourth-order valence-electron chi connectivity index (χ4n) is 3.35. The highest BCUT2D eigenvalue weighted by molar-refractivity contribution is 5.48. The summed E-state index contributed by atoms with van der Waals surface area (Å²) < 4.78 is 2.00. The largest absolute Gasteiger partial charge is 0.355 e. The van der Waals surface area contributed by atoms with Crippen LogP contribution in [0.15, 0.2) is 24.7 Å². The van der Waals surface area contributed by atoms with Gasteiger partial charge in [0.1, 0.15) is 12.0 Å². The monoisotopic (exact) mass is 358 g/mol. The molecule has 0 amide bonds. The van der Waals surface area contributed by atoms with Gasteiger partial charge in [-0.15, -0.1) is 0 Å². The van der Waals surface area contributed by atoms with Gasteiger partial charge in [-0.1, -0.05) is 6.92 Å². The molecule has 3 rings (SSSR count). The Hall–Kier alpha value is -2.48. The Morgan fingerprint density at radius 2 is 2.08 bits per heavy atom. The second kappa shape index (κ2) is 8.27. The van der Waals surface area contributed by atoms with Crippen molar-refractivity contribution in [3.63, 3.8) is 0 Å². The molecule has 26 heavy (non-hydrogen) atoms. The molecule has 8 heteroatoms. The van der Waals surface area contributed by atoms with Crippen molar-refractivity contribution in [1.29, 1.82) is 0 Å². The molecule has 0 saturated carbocycles. The van der Waals surface area contributed by atoms with Gasteiger partial charge in [-0.05, 0) is 25.8 Å². The highest BCUT2D eigenvalue weighted by Crippen LogP contribution is 2.22. The Balaban J connectivity index is 1.60. The van der Waals surface area contributed by atoms with Crippen LogP contribution in [0, 0.1) is 17.0 Å². The van der Waals surface area contributed by atoms with Crippen LogP contribution >= 0.6 is 0 Å². The van der Waals surface area contributed by atoms with E-state index in [1.165, 1.54) is 11.8 Å². The molecule has 0 atom stereocenters. The van der Waals surface area contributed by atoms with Crippen LogP contribution in [0.2, 0.25) is 0 Å². The number of pyridine rings is 1. The molecule has 0 radical (unpaired) electrons. The summed E-state index contributed by atoms with van der Waals surface area (Å²) in [5, 5.41) is 15.4. The van der Waals surface area contributed by atoms with Crippen LogP contribution < -0.4 is 4.90 Å². The molecule has 2 aromatic heterocycles. The summed E-state index contributed by atoms with van der Waals surface area (Å²) in [5.41, 5.74) is 1.98. The van der Waals surface area contributed by atoms with E-state index in [0.29, 0.717) is 5.56 Å². The van der Waals surface area contributed by atoms with E-state index in [4.69, 9.17) is 0 Å². The highest BCUT2D eigenvalue weighted by atomic mass is 16.6. The van der Waals surface area contributed by atoms with Gasteiger partial charge in [-0.3, -0.25) is 19.7 Å². The van der Waals surface area contributed by atoms with Gasteiger partial charge in [0.15, 0.2) is 0 Å². The van der Waals surface area contributed by atoms with Gasteiger partial charge in [0.05, 0.1) is 11.1 Å². The standard InChI is InChI=1S/C18H26N6O2/c1-3-5-23-14-16(11-20-23)13-21-6-4-7-22(9-8-21)18-10-15(2)17(12-19-18)24(25)26/h10-12,14H,3-9,13H2,1-2H3. The molecule has 1 aliphatic heterocycles. The maximum absolute atomic E-state index is 11.0. The van der Waals surface area contributed by atoms with E-state index in [2.05, 4.69) is 33.0 Å². The van der Waals surface area contributed by atoms with Gasteiger partial charge in [-0.2, -0.15) is 5.10 Å². The first kappa shape index (κ1) is 18.3. The van der Waals surface area contributed by atoms with Crippen molar-refractivity contribution in [1.82, 2.24) is 19.7 Å². The molecular formula is C18H26N6O2. The van der Waals surface area contributed by atoms with Gasteiger partial charge in [0, 0.05) is 56.6 Å². The average molecular weight is 358 g/mol. The van der Waals surface area contributed by atoms with Crippen molar-refractivity contribution in [3.05, 3.63) is 45.9 Å². The van der Waals surface area contributed by atoms with Crippen molar-refractivity contribution < 1.29 is 4.92 Å². The maximum Gasteiger partial charge on any atom is 0.290 e. The van der Waals surface area contributed by atoms with Crippen LogP contribution in [0.25, 0.3) is 0 Å². The minimum Gasteiger partial charge on any atom is -0.355 e. The lowest BCUT2D eigenvalue weighted by molar-refractivity contribution is -0.385. The fraction of sp³-hybridized carbons (Fsp3) is 0.556. The van der Waals surface area contributed by atoms with Crippen molar-refractivity contribution in [2.75, 3.05) is 31.1 Å². The van der Waals surface area contributed by atoms with Crippen LogP contribution in [0.3, 0.4) is 0 Å². The van der Waals surface area contributed by atoms with Gasteiger partial charge >= 0.3 is 0 Å². The maximum atomic E-state index is 11.0. The molecule has 0 bridgehead atoms. The number of rotatable bonds is 6. The average Bonchev–Trinajstić information content (AvgIpc) is 2.90. The molecule has 0 N–H and O–H groups in total. The molecule has 0 aliphatic carbocycles. The predicted octanol–water partition coefficient (Wildman–Crippen LogP) is 2.62. The topological polar surface area (TPSA) is 80.3 Å². The number of aryl methyl sites for hydroxylation is 2. The molecule has 3 heterocycles. The van der Waals surface area contributed by atoms with Crippen LogP contribution in [-0.4, -0.2) is 50.8 Å². The second-order valence-corrected chi connectivity index (χ2v) is 6.81. The van der Waals surface area contributed by atoms with Crippen LogP contribution in [-0.2, 0) is 13.1 Å².